The molecule has 4 rings (SSSR count). The Labute approximate surface area is 195 Å². The molecule has 2 aromatic carbocycles. The zero-order chi connectivity index (χ0) is 24.5. The molecule has 0 radical (unpaired) electrons. The maximum absolute atomic E-state index is 13.0. The summed E-state index contributed by atoms with van der Waals surface area (Å²) in [5, 5.41) is 3.13. The molecule has 1 N–H and O–H groups in total. The lowest BCUT2D eigenvalue weighted by Gasteiger charge is -2.33. The van der Waals surface area contributed by atoms with Crippen LogP contribution in [0.5, 0.6) is 5.75 Å². The van der Waals surface area contributed by atoms with E-state index >= 15 is 0 Å². The normalized spacial score (nSPS) is 14.7. The third kappa shape index (κ3) is 4.52. The zero-order valence-corrected chi connectivity index (χ0v) is 19.4. The molecule has 0 aliphatic carbocycles. The van der Waals surface area contributed by atoms with Gasteiger partial charge in [-0.15, -0.1) is 0 Å². The molecule has 3 aromatic rings. The molecule has 0 spiro atoms. The first-order valence-electron chi connectivity index (χ1n) is 10.5. The number of nitrogens with one attached hydrogen (secondary N) is 1. The Kier molecular flexibility index (Phi) is 6.40. The van der Waals surface area contributed by atoms with Gasteiger partial charge in [-0.05, 0) is 36.4 Å². The first-order chi connectivity index (χ1) is 16.2. The van der Waals surface area contributed by atoms with E-state index in [-0.39, 0.29) is 48.1 Å². The number of benzene rings is 2. The van der Waals surface area contributed by atoms with Gasteiger partial charge in [0.25, 0.3) is 5.91 Å². The number of hydrogen-bond acceptors (Lipinski definition) is 7. The second-order valence-electron chi connectivity index (χ2n) is 7.73. The molecular weight excluding hydrogens is 462 g/mol. The Morgan fingerprint density at radius 2 is 1.71 bits per heavy atom. The fraction of sp³-hybridized carbons (Fsp3) is 0.261. The van der Waals surface area contributed by atoms with Gasteiger partial charge in [0.05, 0.1) is 12.0 Å². The van der Waals surface area contributed by atoms with Crippen LogP contribution in [0, 0.1) is 0 Å². The molecule has 178 valence electrons. The molecule has 1 fully saturated rings. The molecule has 0 saturated carbocycles. The van der Waals surface area contributed by atoms with Gasteiger partial charge < -0.3 is 19.4 Å². The number of fused-ring (bicyclic) bond motifs is 1. The van der Waals surface area contributed by atoms with Crippen molar-refractivity contribution in [1.29, 1.82) is 0 Å². The number of piperazine rings is 1. The van der Waals surface area contributed by atoms with Crippen molar-refractivity contribution in [2.75, 3.05) is 38.6 Å². The summed E-state index contributed by atoms with van der Waals surface area (Å²) in [4.78, 5) is 38.2. The number of methoxy groups -OCH3 is 1. The van der Waals surface area contributed by atoms with Crippen molar-refractivity contribution < 1.29 is 27.2 Å². The molecule has 34 heavy (non-hydrogen) atoms. The number of sulfonamides is 1. The largest absolute Gasteiger partial charge is 0.493 e. The smallest absolute Gasteiger partial charge is 0.349 e. The number of para-hydroxylation sites is 1. The molecule has 1 aromatic heterocycles. The lowest BCUT2D eigenvalue weighted by Crippen LogP contribution is -2.51. The predicted molar refractivity (Wildman–Crippen MR) is 124 cm³/mol. The highest BCUT2D eigenvalue weighted by atomic mass is 32.2. The van der Waals surface area contributed by atoms with E-state index in [4.69, 9.17) is 9.15 Å². The van der Waals surface area contributed by atoms with Crippen molar-refractivity contribution in [2.45, 2.75) is 11.8 Å². The van der Waals surface area contributed by atoms with Crippen molar-refractivity contribution in [1.82, 2.24) is 9.21 Å². The minimum absolute atomic E-state index is 0.0776. The van der Waals surface area contributed by atoms with Crippen LogP contribution in [-0.2, 0) is 14.8 Å². The van der Waals surface area contributed by atoms with Crippen LogP contribution in [0.15, 0.2) is 62.6 Å². The molecule has 10 nitrogen and oxygen atoms in total. The number of carbonyl (C=O) groups is 2. The van der Waals surface area contributed by atoms with Crippen LogP contribution >= 0.6 is 0 Å². The fourth-order valence-electron chi connectivity index (χ4n) is 3.79. The Balaban J connectivity index is 1.48. The average Bonchev–Trinajstić information content (AvgIpc) is 2.83. The Morgan fingerprint density at radius 3 is 2.32 bits per heavy atom. The van der Waals surface area contributed by atoms with E-state index < -0.39 is 21.6 Å². The van der Waals surface area contributed by atoms with Gasteiger partial charge in [-0.25, -0.2) is 13.2 Å². The van der Waals surface area contributed by atoms with E-state index in [0.29, 0.717) is 16.8 Å². The zero-order valence-electron chi connectivity index (χ0n) is 18.6. The van der Waals surface area contributed by atoms with E-state index in [9.17, 15) is 22.8 Å². The lowest BCUT2D eigenvalue weighted by molar-refractivity contribution is -0.114. The van der Waals surface area contributed by atoms with Crippen LogP contribution in [-0.4, -0.2) is 62.7 Å². The maximum Gasteiger partial charge on any atom is 0.349 e. The molecule has 0 unspecified atom stereocenters. The quantitative estimate of drug-likeness (QED) is 0.547. The van der Waals surface area contributed by atoms with E-state index in [1.165, 1.54) is 53.6 Å². The van der Waals surface area contributed by atoms with Crippen LogP contribution in [0.2, 0.25) is 0 Å². The summed E-state index contributed by atoms with van der Waals surface area (Å²) in [6.07, 6.45) is 0. The molecule has 11 heteroatoms. The van der Waals surface area contributed by atoms with Crippen molar-refractivity contribution >= 4 is 38.5 Å². The monoisotopic (exact) mass is 485 g/mol. The fourth-order valence-corrected chi connectivity index (χ4v) is 5.21. The molecule has 0 bridgehead atoms. The van der Waals surface area contributed by atoms with E-state index in [1.807, 2.05) is 0 Å². The molecule has 2 heterocycles. The predicted octanol–water partition coefficient (Wildman–Crippen LogP) is 1.91. The van der Waals surface area contributed by atoms with Gasteiger partial charge in [-0.1, -0.05) is 12.1 Å². The topological polar surface area (TPSA) is 126 Å². The van der Waals surface area contributed by atoms with Crippen LogP contribution in [0.1, 0.15) is 17.3 Å². The SMILES string of the molecule is COc1cccc2cc(C(=O)N3CCN(S(=O)(=O)c4ccc(NC(C)=O)cc4)CC3)c(=O)oc12. The third-order valence-corrected chi connectivity index (χ3v) is 7.43. The highest BCUT2D eigenvalue weighted by molar-refractivity contribution is 7.89. The van der Waals surface area contributed by atoms with Crippen molar-refractivity contribution in [3.05, 3.63) is 64.5 Å². The number of rotatable bonds is 5. The molecule has 1 saturated heterocycles. The summed E-state index contributed by atoms with van der Waals surface area (Å²) in [6, 6.07) is 12.4. The highest BCUT2D eigenvalue weighted by Crippen LogP contribution is 2.25. The summed E-state index contributed by atoms with van der Waals surface area (Å²) >= 11 is 0. The second-order valence-corrected chi connectivity index (χ2v) is 9.67. The van der Waals surface area contributed by atoms with Crippen LogP contribution in [0.25, 0.3) is 11.0 Å². The number of nitrogens with zero attached hydrogens (tertiary/aromatic N) is 2. The lowest BCUT2D eigenvalue weighted by atomic mass is 10.1. The molecule has 1 aliphatic rings. The number of ether oxygens (including phenoxy) is 1. The summed E-state index contributed by atoms with van der Waals surface area (Å²) in [6.45, 7) is 1.77. The summed E-state index contributed by atoms with van der Waals surface area (Å²) in [5.41, 5.74) is -0.150. The van der Waals surface area contributed by atoms with Gasteiger partial charge in [-0.3, -0.25) is 9.59 Å². The van der Waals surface area contributed by atoms with Crippen molar-refractivity contribution in [3.63, 3.8) is 0 Å². The van der Waals surface area contributed by atoms with E-state index in [2.05, 4.69) is 5.32 Å². The van der Waals surface area contributed by atoms with E-state index in [0.717, 1.165) is 0 Å². The standard InChI is InChI=1S/C23H23N3O7S/c1-15(27)24-17-6-8-18(9-7-17)34(30,31)26-12-10-25(11-13-26)22(28)19-14-16-4-3-5-20(32-2)21(16)33-23(19)29/h3-9,14H,10-13H2,1-2H3,(H,24,27). The van der Waals surface area contributed by atoms with E-state index in [1.54, 1.807) is 18.2 Å². The first-order valence-corrected chi connectivity index (χ1v) is 11.9. The van der Waals surface area contributed by atoms with Crippen LogP contribution in [0.4, 0.5) is 5.69 Å². The van der Waals surface area contributed by atoms with Gasteiger partial charge in [0.1, 0.15) is 5.56 Å². The number of amides is 2. The minimum atomic E-state index is -3.78. The number of hydrogen-bond donors (Lipinski definition) is 1. The van der Waals surface area contributed by atoms with Gasteiger partial charge in [0.15, 0.2) is 11.3 Å². The molecule has 0 atom stereocenters. The maximum atomic E-state index is 13.0. The summed E-state index contributed by atoms with van der Waals surface area (Å²) in [5.74, 6) is -0.385. The number of anilines is 1. The first kappa shape index (κ1) is 23.5. The van der Waals surface area contributed by atoms with Crippen LogP contribution in [0.3, 0.4) is 0 Å². The molecular formula is C23H23N3O7S. The number of carbonyl (C=O) groups excluding carboxylic acids is 2. The Hall–Kier alpha value is -3.70. The van der Waals surface area contributed by atoms with Crippen LogP contribution < -0.4 is 15.7 Å². The Bertz CT molecular complexity index is 1410. The van der Waals surface area contributed by atoms with Crippen molar-refractivity contribution in [2.24, 2.45) is 0 Å². The highest BCUT2D eigenvalue weighted by Gasteiger charge is 2.31. The third-order valence-electron chi connectivity index (χ3n) is 5.51. The average molecular weight is 486 g/mol. The summed E-state index contributed by atoms with van der Waals surface area (Å²) in [7, 11) is -2.32. The van der Waals surface area contributed by atoms with Gasteiger partial charge in [0.2, 0.25) is 15.9 Å². The van der Waals surface area contributed by atoms with Gasteiger partial charge in [-0.2, -0.15) is 4.31 Å². The Morgan fingerprint density at radius 1 is 1.03 bits per heavy atom. The van der Waals surface area contributed by atoms with Crippen molar-refractivity contribution in [3.8, 4) is 5.75 Å². The second kappa shape index (κ2) is 9.27. The van der Waals surface area contributed by atoms with Gasteiger partial charge >= 0.3 is 5.63 Å². The summed E-state index contributed by atoms with van der Waals surface area (Å²) < 4.78 is 37.8. The molecule has 1 aliphatic heterocycles. The van der Waals surface area contributed by atoms with Gasteiger partial charge in [0, 0.05) is 44.2 Å². The minimum Gasteiger partial charge on any atom is -0.493 e. The molecule has 2 amide bonds.